The molecule has 0 aliphatic carbocycles. The van der Waals surface area contributed by atoms with Crippen LogP contribution in [-0.4, -0.2) is 29.6 Å². The number of amides is 1. The van der Waals surface area contributed by atoms with E-state index in [2.05, 4.69) is 12.2 Å². The van der Waals surface area contributed by atoms with E-state index in [1.165, 1.54) is 103 Å². The minimum Gasteiger partial charge on any atom is -0.480 e. The number of nitrogens with two attached hydrogens (primary N) is 1. The summed E-state index contributed by atoms with van der Waals surface area (Å²) in [7, 11) is 0. The molecule has 0 spiro atoms. The van der Waals surface area contributed by atoms with E-state index in [9.17, 15) is 9.59 Å². The second-order valence-electron chi connectivity index (χ2n) is 8.09. The Morgan fingerprint density at radius 3 is 1.50 bits per heavy atom. The molecule has 0 aromatic heterocycles. The number of rotatable bonds is 17. The maximum Gasteiger partial charge on any atom is 0.326 e. The topological polar surface area (TPSA) is 92.4 Å². The molecule has 1 heterocycles. The number of aliphatic carboxylic acids is 1. The van der Waals surface area contributed by atoms with Gasteiger partial charge in [-0.15, -0.1) is 0 Å². The fraction of sp³-hybridized carbons (Fsp3) is 0.913. The Bertz CT molecular complexity index is 359. The summed E-state index contributed by atoms with van der Waals surface area (Å²) in [5.74, 6) is -1.11. The Labute approximate surface area is 173 Å². The number of carbonyl (C=O) groups excluding carboxylic acids is 1. The van der Waals surface area contributed by atoms with Gasteiger partial charge in [0.05, 0.1) is 0 Å². The lowest BCUT2D eigenvalue weighted by molar-refractivity contribution is -0.140. The third-order valence-corrected chi connectivity index (χ3v) is 5.35. The van der Waals surface area contributed by atoms with E-state index in [1.807, 2.05) is 0 Å². The molecule has 1 amide bonds. The fourth-order valence-electron chi connectivity index (χ4n) is 3.49. The molecule has 4 N–H and O–H groups in total. The first kappa shape index (κ1) is 26.9. The van der Waals surface area contributed by atoms with Crippen molar-refractivity contribution >= 4 is 11.9 Å². The minimum atomic E-state index is -0.944. The van der Waals surface area contributed by atoms with E-state index in [-0.39, 0.29) is 5.91 Å². The van der Waals surface area contributed by atoms with Crippen molar-refractivity contribution in [2.75, 3.05) is 6.54 Å². The maximum atomic E-state index is 10.4. The molecule has 5 heteroatoms. The van der Waals surface area contributed by atoms with Gasteiger partial charge in [0.25, 0.3) is 0 Å². The molecule has 1 fully saturated rings. The molecule has 0 radical (unpaired) electrons. The highest BCUT2D eigenvalue weighted by Gasteiger charge is 2.26. The molecule has 1 saturated heterocycles. The van der Waals surface area contributed by atoms with Crippen molar-refractivity contribution in [1.82, 2.24) is 5.32 Å². The van der Waals surface area contributed by atoms with Gasteiger partial charge in [-0.3, -0.25) is 4.79 Å². The molecule has 0 aromatic rings. The van der Waals surface area contributed by atoms with Crippen molar-refractivity contribution in [2.24, 2.45) is 5.73 Å². The van der Waals surface area contributed by atoms with E-state index in [0.29, 0.717) is 12.8 Å². The zero-order chi connectivity index (χ0) is 20.9. The van der Waals surface area contributed by atoms with Gasteiger partial charge in [0.1, 0.15) is 6.04 Å². The van der Waals surface area contributed by atoms with E-state index in [0.717, 1.165) is 6.54 Å². The number of carbonyl (C=O) groups is 2. The van der Waals surface area contributed by atoms with E-state index in [4.69, 9.17) is 10.8 Å². The first-order chi connectivity index (χ1) is 13.6. The highest BCUT2D eigenvalue weighted by molar-refractivity contribution is 5.87. The van der Waals surface area contributed by atoms with Crippen molar-refractivity contribution in [3.05, 3.63) is 0 Å². The molecule has 28 heavy (non-hydrogen) atoms. The molecule has 0 saturated carbocycles. The molecule has 0 unspecified atom stereocenters. The zero-order valence-corrected chi connectivity index (χ0v) is 18.4. The molecule has 1 aliphatic heterocycles. The van der Waals surface area contributed by atoms with Crippen LogP contribution in [-0.2, 0) is 9.59 Å². The summed E-state index contributed by atoms with van der Waals surface area (Å²) in [5, 5.41) is 10.6. The largest absolute Gasteiger partial charge is 0.480 e. The number of nitrogens with one attached hydrogen (secondary N) is 1. The molecular formula is C23H46N2O3. The van der Waals surface area contributed by atoms with Gasteiger partial charge in [0.2, 0.25) is 5.91 Å². The smallest absolute Gasteiger partial charge is 0.326 e. The van der Waals surface area contributed by atoms with Crippen LogP contribution in [0.1, 0.15) is 122 Å². The Kier molecular flexibility index (Phi) is 19.8. The van der Waals surface area contributed by atoms with Crippen LogP contribution in [0.3, 0.4) is 0 Å². The molecular weight excluding hydrogens is 352 g/mol. The molecule has 5 nitrogen and oxygen atoms in total. The third kappa shape index (κ3) is 18.3. The molecule has 0 bridgehead atoms. The first-order valence-electron chi connectivity index (χ1n) is 11.8. The predicted molar refractivity (Wildman–Crippen MR) is 117 cm³/mol. The Morgan fingerprint density at radius 1 is 0.857 bits per heavy atom. The summed E-state index contributed by atoms with van der Waals surface area (Å²) in [6, 6.07) is -0.641. The minimum absolute atomic E-state index is 0.164. The van der Waals surface area contributed by atoms with Gasteiger partial charge in [0, 0.05) is 6.42 Å². The summed E-state index contributed by atoms with van der Waals surface area (Å²) in [5.41, 5.74) is 5.48. The van der Waals surface area contributed by atoms with Crippen LogP contribution in [0.4, 0.5) is 0 Å². The van der Waals surface area contributed by atoms with Crippen LogP contribution in [0.5, 0.6) is 0 Å². The lowest BCUT2D eigenvalue weighted by Crippen LogP contribution is -2.32. The van der Waals surface area contributed by atoms with Gasteiger partial charge in [0.15, 0.2) is 0 Å². The fourth-order valence-corrected chi connectivity index (χ4v) is 3.49. The van der Waals surface area contributed by atoms with Gasteiger partial charge in [-0.05, 0) is 19.4 Å². The van der Waals surface area contributed by atoms with Crippen LogP contribution < -0.4 is 11.1 Å². The van der Waals surface area contributed by atoms with Crippen molar-refractivity contribution in [3.8, 4) is 0 Å². The zero-order valence-electron chi connectivity index (χ0n) is 18.4. The lowest BCUT2D eigenvalue weighted by atomic mass is 10.0. The summed E-state index contributed by atoms with van der Waals surface area (Å²) in [6.07, 6.45) is 23.6. The number of hydrogen-bond acceptors (Lipinski definition) is 3. The van der Waals surface area contributed by atoms with Crippen molar-refractivity contribution in [1.29, 1.82) is 0 Å². The molecule has 1 aliphatic rings. The van der Waals surface area contributed by atoms with Gasteiger partial charge < -0.3 is 16.2 Å². The molecule has 0 aromatic carbocycles. The normalized spacial score (nSPS) is 15.8. The highest BCUT2D eigenvalue weighted by atomic mass is 16.4. The second kappa shape index (κ2) is 20.6. The van der Waals surface area contributed by atoms with Crippen LogP contribution in [0.2, 0.25) is 0 Å². The van der Waals surface area contributed by atoms with E-state index in [1.54, 1.807) is 0 Å². The van der Waals surface area contributed by atoms with Crippen LogP contribution >= 0.6 is 0 Å². The highest BCUT2D eigenvalue weighted by Crippen LogP contribution is 2.13. The number of unbranched alkanes of at least 4 members (excludes halogenated alkanes) is 15. The second-order valence-corrected chi connectivity index (χ2v) is 8.09. The van der Waals surface area contributed by atoms with Gasteiger partial charge in [-0.1, -0.05) is 103 Å². The standard InChI is InChI=1S/C18H39N.C5H7NO3/c1-2-3-4-5-6-7-8-9-10-11-12-13-14-15-16-17-18-19;7-4-2-1-3(6-4)5(8)9/h2-19H2,1H3;3H,1-2H2,(H,6,7)(H,8,9)/t;3-/m.0/s1. The summed E-state index contributed by atoms with van der Waals surface area (Å²) in [6.45, 7) is 3.16. The van der Waals surface area contributed by atoms with E-state index < -0.39 is 12.0 Å². The van der Waals surface area contributed by atoms with Crippen LogP contribution in [0, 0.1) is 0 Å². The summed E-state index contributed by atoms with van der Waals surface area (Å²) in [4.78, 5) is 20.5. The summed E-state index contributed by atoms with van der Waals surface area (Å²) >= 11 is 0. The SMILES string of the molecule is CCCCCCCCCCCCCCCCCCN.O=C1CC[C@@H](C(=O)O)N1. The van der Waals surface area contributed by atoms with Crippen LogP contribution in [0.25, 0.3) is 0 Å². The molecule has 166 valence electrons. The van der Waals surface area contributed by atoms with Crippen LogP contribution in [0.15, 0.2) is 0 Å². The average molecular weight is 399 g/mol. The first-order valence-corrected chi connectivity index (χ1v) is 11.8. The Hall–Kier alpha value is -1.10. The van der Waals surface area contributed by atoms with Gasteiger partial charge in [-0.25, -0.2) is 4.79 Å². The van der Waals surface area contributed by atoms with Crippen molar-refractivity contribution in [2.45, 2.75) is 129 Å². The van der Waals surface area contributed by atoms with Gasteiger partial charge >= 0.3 is 5.97 Å². The Balaban J connectivity index is 0.000000668. The monoisotopic (exact) mass is 398 g/mol. The van der Waals surface area contributed by atoms with Crippen molar-refractivity contribution < 1.29 is 14.7 Å². The third-order valence-electron chi connectivity index (χ3n) is 5.35. The maximum absolute atomic E-state index is 10.4. The molecule has 1 rings (SSSR count). The number of hydrogen-bond donors (Lipinski definition) is 3. The summed E-state index contributed by atoms with van der Waals surface area (Å²) < 4.78 is 0. The average Bonchev–Trinajstić information content (AvgIpc) is 3.12. The lowest BCUT2D eigenvalue weighted by Gasteiger charge is -2.03. The van der Waals surface area contributed by atoms with Crippen molar-refractivity contribution in [3.63, 3.8) is 0 Å². The van der Waals surface area contributed by atoms with E-state index >= 15 is 0 Å². The van der Waals surface area contributed by atoms with Gasteiger partial charge in [-0.2, -0.15) is 0 Å². The Morgan fingerprint density at radius 2 is 1.25 bits per heavy atom. The quantitative estimate of drug-likeness (QED) is 0.280. The molecule has 1 atom stereocenters. The number of carboxylic acid groups (broad SMARTS) is 1. The number of carboxylic acids is 1. The predicted octanol–water partition coefficient (Wildman–Crippen LogP) is 5.56.